The summed E-state index contributed by atoms with van der Waals surface area (Å²) in [5.41, 5.74) is 4.50. The number of carbonyl (C=O) groups is 1. The van der Waals surface area contributed by atoms with Crippen molar-refractivity contribution in [1.29, 1.82) is 0 Å². The molecule has 0 radical (unpaired) electrons. The third kappa shape index (κ3) is 4.20. The van der Waals surface area contributed by atoms with Crippen LogP contribution >= 0.6 is 11.6 Å². The second kappa shape index (κ2) is 8.19. The molecule has 6 heteroatoms. The van der Waals surface area contributed by atoms with Crippen LogP contribution < -0.4 is 9.80 Å². The zero-order valence-corrected chi connectivity index (χ0v) is 16.5. The molecule has 1 aliphatic carbocycles. The minimum Gasteiger partial charge on any atom is -0.487 e. The van der Waals surface area contributed by atoms with Crippen molar-refractivity contribution in [2.45, 2.75) is 45.6 Å². The first-order valence-corrected chi connectivity index (χ1v) is 9.44. The highest BCUT2D eigenvalue weighted by Crippen LogP contribution is 2.44. The van der Waals surface area contributed by atoms with Gasteiger partial charge in [0.2, 0.25) is 0 Å². The summed E-state index contributed by atoms with van der Waals surface area (Å²) in [7, 11) is 1.23. The van der Waals surface area contributed by atoms with E-state index in [-0.39, 0.29) is 6.61 Å². The average Bonchev–Trinajstić information content (AvgIpc) is 3.52. The van der Waals surface area contributed by atoms with Crippen LogP contribution in [0.4, 0.5) is 10.5 Å². The van der Waals surface area contributed by atoms with Gasteiger partial charge in [-0.05, 0) is 67.0 Å². The summed E-state index contributed by atoms with van der Waals surface area (Å²) in [6, 6.07) is 9.36. The summed E-state index contributed by atoms with van der Waals surface area (Å²) >= 11 is 6.38. The van der Waals surface area contributed by atoms with Gasteiger partial charge in [0.15, 0.2) is 0 Å². The fraction of sp³-hybridized carbons (Fsp3) is 0.381. The zero-order chi connectivity index (χ0) is 19.6. The number of aryl methyl sites for hydroxylation is 2. The molecule has 2 aromatic carbocycles. The minimum atomic E-state index is -0.842. The van der Waals surface area contributed by atoms with E-state index in [2.05, 4.69) is 11.7 Å². The highest BCUT2D eigenvalue weighted by molar-refractivity contribution is 6.32. The molecule has 1 saturated carbocycles. The molecule has 1 amide bonds. The summed E-state index contributed by atoms with van der Waals surface area (Å²) in [6.45, 7) is 4.30. The Labute approximate surface area is 164 Å². The van der Waals surface area contributed by atoms with Crippen LogP contribution in [0.5, 0.6) is 5.75 Å². The summed E-state index contributed by atoms with van der Waals surface area (Å²) in [4.78, 5) is 11.8. The van der Waals surface area contributed by atoms with Crippen molar-refractivity contribution in [3.8, 4) is 5.75 Å². The Morgan fingerprint density at radius 1 is 1.33 bits per heavy atom. The number of benzene rings is 2. The first-order chi connectivity index (χ1) is 13.0. The van der Waals surface area contributed by atoms with Crippen molar-refractivity contribution in [2.24, 2.45) is 0 Å². The van der Waals surface area contributed by atoms with E-state index in [1.54, 1.807) is 6.07 Å². The lowest BCUT2D eigenvalue weighted by Gasteiger charge is -2.21. The molecular weight excluding hydrogens is 366 g/mol. The highest BCUT2D eigenvalue weighted by atomic mass is 35.5. The molecular formula is C21H24ClNO4. The normalized spacial score (nSPS) is 13.4. The van der Waals surface area contributed by atoms with Crippen LogP contribution in [-0.4, -0.2) is 18.4 Å². The molecule has 1 N–H and O–H groups in total. The Hall–Kier alpha value is -2.24. The van der Waals surface area contributed by atoms with E-state index in [4.69, 9.17) is 16.3 Å². The van der Waals surface area contributed by atoms with E-state index in [1.165, 1.54) is 12.7 Å². The number of amides is 1. The molecule has 0 unspecified atom stereocenters. The van der Waals surface area contributed by atoms with E-state index >= 15 is 0 Å². The monoisotopic (exact) mass is 389 g/mol. The van der Waals surface area contributed by atoms with Crippen molar-refractivity contribution in [2.75, 3.05) is 12.2 Å². The van der Waals surface area contributed by atoms with Crippen molar-refractivity contribution < 1.29 is 19.5 Å². The smallest absolute Gasteiger partial charge is 0.438 e. The second-order valence-corrected chi connectivity index (χ2v) is 7.16. The largest absolute Gasteiger partial charge is 0.487 e. The predicted molar refractivity (Wildman–Crippen MR) is 105 cm³/mol. The summed E-state index contributed by atoms with van der Waals surface area (Å²) in [5.74, 6) is 1.01. The number of hydrogen-bond donors (Lipinski definition) is 1. The lowest BCUT2D eigenvalue weighted by molar-refractivity contribution is 0.140. The Kier molecular flexibility index (Phi) is 5.92. The molecule has 0 spiro atoms. The van der Waals surface area contributed by atoms with Gasteiger partial charge >= 0.3 is 6.09 Å². The predicted octanol–water partition coefficient (Wildman–Crippen LogP) is 5.63. The number of hydroxylamine groups is 1. The van der Waals surface area contributed by atoms with Gasteiger partial charge in [-0.3, -0.25) is 5.21 Å². The van der Waals surface area contributed by atoms with Gasteiger partial charge in [0.05, 0.1) is 17.8 Å². The number of methoxy groups -OCH3 is 1. The molecule has 0 saturated heterocycles. The van der Waals surface area contributed by atoms with Crippen LogP contribution in [-0.2, 0) is 17.8 Å². The van der Waals surface area contributed by atoms with Crippen LogP contribution in [0.3, 0.4) is 0 Å². The van der Waals surface area contributed by atoms with E-state index in [0.29, 0.717) is 27.4 Å². The standard InChI is InChI=1S/C21H24ClNO4/c1-4-14-11-18(22)20(10-13(14)2)27-12-17-16(15-8-9-15)6-5-7-19(17)23(25)21(24)26-3/h5-7,10-11,15,25H,4,8-9,12H2,1-3H3. The molecule has 5 nitrogen and oxygen atoms in total. The summed E-state index contributed by atoms with van der Waals surface area (Å²) in [5, 5.41) is 11.3. The molecule has 27 heavy (non-hydrogen) atoms. The van der Waals surface area contributed by atoms with E-state index in [9.17, 15) is 10.0 Å². The van der Waals surface area contributed by atoms with Crippen LogP contribution in [0, 0.1) is 6.92 Å². The maximum atomic E-state index is 11.8. The molecule has 0 heterocycles. The molecule has 144 valence electrons. The highest BCUT2D eigenvalue weighted by Gasteiger charge is 2.29. The van der Waals surface area contributed by atoms with Crippen molar-refractivity contribution in [3.05, 3.63) is 57.6 Å². The third-order valence-electron chi connectivity index (χ3n) is 4.92. The fourth-order valence-corrected chi connectivity index (χ4v) is 3.49. The van der Waals surface area contributed by atoms with E-state index in [0.717, 1.165) is 36.0 Å². The van der Waals surface area contributed by atoms with Gasteiger partial charge in [-0.25, -0.2) is 4.79 Å². The van der Waals surface area contributed by atoms with Crippen molar-refractivity contribution in [1.82, 2.24) is 0 Å². The minimum absolute atomic E-state index is 0.195. The maximum absolute atomic E-state index is 11.8. The molecule has 0 aliphatic heterocycles. The van der Waals surface area contributed by atoms with E-state index < -0.39 is 6.09 Å². The number of ether oxygens (including phenoxy) is 2. The second-order valence-electron chi connectivity index (χ2n) is 6.75. The lowest BCUT2D eigenvalue weighted by Crippen LogP contribution is -2.28. The number of halogens is 1. The Morgan fingerprint density at radius 2 is 2.07 bits per heavy atom. The van der Waals surface area contributed by atoms with Crippen LogP contribution in [0.1, 0.15) is 47.9 Å². The van der Waals surface area contributed by atoms with Gasteiger partial charge in [0.1, 0.15) is 12.4 Å². The molecule has 2 aromatic rings. The SMILES string of the molecule is CCc1cc(Cl)c(OCc2c(C3CC3)cccc2N(O)C(=O)OC)cc1C. The number of anilines is 1. The molecule has 1 fully saturated rings. The quantitative estimate of drug-likeness (QED) is 0.513. The Balaban J connectivity index is 1.92. The third-order valence-corrected chi connectivity index (χ3v) is 5.22. The van der Waals surface area contributed by atoms with Crippen LogP contribution in [0.25, 0.3) is 0 Å². The average molecular weight is 390 g/mol. The lowest BCUT2D eigenvalue weighted by atomic mass is 10.0. The topological polar surface area (TPSA) is 59.0 Å². The van der Waals surface area contributed by atoms with Gasteiger partial charge < -0.3 is 9.47 Å². The Bertz CT molecular complexity index is 848. The number of carbonyl (C=O) groups excluding carboxylic acids is 1. The van der Waals surface area contributed by atoms with Crippen LogP contribution in [0.15, 0.2) is 30.3 Å². The summed E-state index contributed by atoms with van der Waals surface area (Å²) < 4.78 is 10.6. The molecule has 1 aliphatic rings. The van der Waals surface area contributed by atoms with Crippen LogP contribution in [0.2, 0.25) is 5.02 Å². The van der Waals surface area contributed by atoms with Gasteiger partial charge in [0, 0.05) is 5.56 Å². The molecule has 0 bridgehead atoms. The molecule has 0 aromatic heterocycles. The van der Waals surface area contributed by atoms with Gasteiger partial charge in [0.25, 0.3) is 0 Å². The molecule has 3 rings (SSSR count). The first-order valence-electron chi connectivity index (χ1n) is 9.06. The fourth-order valence-electron chi connectivity index (χ4n) is 3.25. The summed E-state index contributed by atoms with van der Waals surface area (Å²) in [6.07, 6.45) is 2.24. The van der Waals surface area contributed by atoms with Gasteiger partial charge in [-0.15, -0.1) is 0 Å². The number of rotatable bonds is 6. The first kappa shape index (κ1) is 19.5. The van der Waals surface area contributed by atoms with Gasteiger partial charge in [-0.2, -0.15) is 5.06 Å². The van der Waals surface area contributed by atoms with Crippen molar-refractivity contribution >= 4 is 23.4 Å². The van der Waals surface area contributed by atoms with Gasteiger partial charge in [-0.1, -0.05) is 30.7 Å². The zero-order valence-electron chi connectivity index (χ0n) is 15.8. The number of hydrogen-bond acceptors (Lipinski definition) is 4. The number of nitrogens with zero attached hydrogens (tertiary/aromatic N) is 1. The molecule has 0 atom stereocenters. The maximum Gasteiger partial charge on any atom is 0.438 e. The Morgan fingerprint density at radius 3 is 2.70 bits per heavy atom. The van der Waals surface area contributed by atoms with Crippen molar-refractivity contribution in [3.63, 3.8) is 0 Å². The van der Waals surface area contributed by atoms with E-state index in [1.807, 2.05) is 31.2 Å².